The van der Waals surface area contributed by atoms with Crippen molar-refractivity contribution in [1.82, 2.24) is 5.32 Å². The van der Waals surface area contributed by atoms with Crippen molar-refractivity contribution in [3.8, 4) is 0 Å². The highest BCUT2D eigenvalue weighted by Gasteiger charge is 2.61. The minimum atomic E-state index is -5.65. The number of allylic oxidation sites excluding steroid dienone is 3. The standard InChI is InChI=1S/C19H13F6N3O3/c20-18(21,22)11-5-3-4-10(8-11)17(31,19(23,24)25)16(30)26-9-14-27-13-7-2-1-6-12(13)15(29)28-14/h1-8,12,31H,9H2,(H,26,30). The van der Waals surface area contributed by atoms with Crippen LogP contribution in [0, 0.1) is 5.92 Å². The second kappa shape index (κ2) is 7.76. The molecule has 0 aromatic heterocycles. The summed E-state index contributed by atoms with van der Waals surface area (Å²) in [7, 11) is 0. The molecule has 12 heteroatoms. The van der Waals surface area contributed by atoms with Crippen LogP contribution >= 0.6 is 0 Å². The molecule has 0 radical (unpaired) electrons. The second-order valence-corrected chi connectivity index (χ2v) is 6.59. The summed E-state index contributed by atoms with van der Waals surface area (Å²) in [6.07, 6.45) is -4.50. The number of carbonyl (C=O) groups excluding carboxylic acids is 2. The number of rotatable bonds is 4. The van der Waals surface area contributed by atoms with Gasteiger partial charge in [-0.25, -0.2) is 4.99 Å². The van der Waals surface area contributed by atoms with Gasteiger partial charge in [0.1, 0.15) is 5.92 Å². The Hall–Kier alpha value is -3.28. The van der Waals surface area contributed by atoms with E-state index >= 15 is 0 Å². The van der Waals surface area contributed by atoms with Crippen LogP contribution in [0.2, 0.25) is 0 Å². The summed E-state index contributed by atoms with van der Waals surface area (Å²) in [6, 6.07) is 1.73. The third-order valence-electron chi connectivity index (χ3n) is 4.52. The van der Waals surface area contributed by atoms with Crippen LogP contribution < -0.4 is 5.32 Å². The molecule has 0 bridgehead atoms. The van der Waals surface area contributed by atoms with Crippen molar-refractivity contribution in [2.75, 3.05) is 6.54 Å². The first kappa shape index (κ1) is 22.4. The van der Waals surface area contributed by atoms with Crippen molar-refractivity contribution in [2.24, 2.45) is 15.9 Å². The predicted octanol–water partition coefficient (Wildman–Crippen LogP) is 2.69. The molecule has 3 rings (SSSR count). The molecule has 2 atom stereocenters. The molecule has 0 saturated heterocycles. The number of nitrogens with one attached hydrogen (secondary N) is 1. The first-order chi connectivity index (χ1) is 14.3. The van der Waals surface area contributed by atoms with E-state index in [0.717, 1.165) is 0 Å². The lowest BCUT2D eigenvalue weighted by molar-refractivity contribution is -0.257. The number of hydrogen-bond acceptors (Lipinski definition) is 4. The number of benzene rings is 1. The highest BCUT2D eigenvalue weighted by atomic mass is 19.4. The number of nitrogens with zero attached hydrogens (tertiary/aromatic N) is 2. The first-order valence-electron chi connectivity index (χ1n) is 8.64. The Labute approximate surface area is 170 Å². The largest absolute Gasteiger partial charge is 0.430 e. The van der Waals surface area contributed by atoms with Gasteiger partial charge in [0.25, 0.3) is 17.4 Å². The maximum Gasteiger partial charge on any atom is 0.430 e. The molecule has 1 aliphatic carbocycles. The lowest BCUT2D eigenvalue weighted by Gasteiger charge is -2.30. The van der Waals surface area contributed by atoms with Gasteiger partial charge in [-0.2, -0.15) is 31.3 Å². The lowest BCUT2D eigenvalue weighted by Crippen LogP contribution is -2.55. The van der Waals surface area contributed by atoms with Gasteiger partial charge in [0, 0.05) is 5.56 Å². The van der Waals surface area contributed by atoms with Gasteiger partial charge in [0.05, 0.1) is 17.8 Å². The van der Waals surface area contributed by atoms with Crippen molar-refractivity contribution in [3.63, 3.8) is 0 Å². The fourth-order valence-corrected chi connectivity index (χ4v) is 2.93. The second-order valence-electron chi connectivity index (χ2n) is 6.59. The van der Waals surface area contributed by atoms with Gasteiger partial charge >= 0.3 is 12.4 Å². The van der Waals surface area contributed by atoms with Crippen LogP contribution in [0.25, 0.3) is 0 Å². The molecule has 2 aliphatic rings. The van der Waals surface area contributed by atoms with E-state index in [-0.39, 0.29) is 17.6 Å². The Bertz CT molecular complexity index is 1040. The molecule has 6 nitrogen and oxygen atoms in total. The highest BCUT2D eigenvalue weighted by Crippen LogP contribution is 2.41. The summed E-state index contributed by atoms with van der Waals surface area (Å²) >= 11 is 0. The molecule has 1 aliphatic heterocycles. The summed E-state index contributed by atoms with van der Waals surface area (Å²) in [6.45, 7) is -0.768. The fourth-order valence-electron chi connectivity index (χ4n) is 2.93. The minimum absolute atomic E-state index is 0.0404. The van der Waals surface area contributed by atoms with Crippen LogP contribution in [-0.2, 0) is 21.4 Å². The SMILES string of the molecule is O=C1N=C(CNC(=O)C(O)(c2cccc(C(F)(F)F)c2)C(F)(F)F)N=C2C=CC=CC12. The lowest BCUT2D eigenvalue weighted by atomic mass is 9.90. The molecular formula is C19H13F6N3O3. The van der Waals surface area contributed by atoms with E-state index < -0.39 is 53.4 Å². The summed E-state index contributed by atoms with van der Waals surface area (Å²) in [5.74, 6) is -3.77. The van der Waals surface area contributed by atoms with Gasteiger partial charge in [-0.05, 0) is 18.2 Å². The van der Waals surface area contributed by atoms with Gasteiger partial charge in [0.2, 0.25) is 0 Å². The van der Waals surface area contributed by atoms with E-state index in [1.165, 1.54) is 12.2 Å². The number of amides is 2. The Morgan fingerprint density at radius 3 is 2.39 bits per heavy atom. The Morgan fingerprint density at radius 1 is 1.06 bits per heavy atom. The van der Waals surface area contributed by atoms with Crippen LogP contribution in [0.4, 0.5) is 26.3 Å². The summed E-state index contributed by atoms with van der Waals surface area (Å²) in [4.78, 5) is 31.8. The van der Waals surface area contributed by atoms with E-state index in [4.69, 9.17) is 0 Å². The third kappa shape index (κ3) is 4.29. The van der Waals surface area contributed by atoms with Gasteiger partial charge in [-0.1, -0.05) is 30.4 Å². The quantitative estimate of drug-likeness (QED) is 0.699. The van der Waals surface area contributed by atoms with E-state index in [1.54, 1.807) is 17.5 Å². The van der Waals surface area contributed by atoms with Crippen molar-refractivity contribution < 1.29 is 41.0 Å². The maximum atomic E-state index is 13.6. The van der Waals surface area contributed by atoms with Crippen molar-refractivity contribution in [1.29, 1.82) is 0 Å². The van der Waals surface area contributed by atoms with Crippen LogP contribution in [0.3, 0.4) is 0 Å². The number of aliphatic hydroxyl groups is 1. The number of hydrogen-bond donors (Lipinski definition) is 2. The van der Waals surface area contributed by atoms with E-state index in [0.29, 0.717) is 18.2 Å². The van der Waals surface area contributed by atoms with Gasteiger partial charge in [-0.15, -0.1) is 0 Å². The number of amidine groups is 1. The van der Waals surface area contributed by atoms with Crippen LogP contribution in [0.5, 0.6) is 0 Å². The molecule has 1 heterocycles. The molecule has 2 amide bonds. The normalized spacial score (nSPS) is 20.5. The molecule has 1 aromatic carbocycles. The first-order valence-corrected chi connectivity index (χ1v) is 8.64. The number of carbonyl (C=O) groups is 2. The zero-order chi connectivity index (χ0) is 23.0. The molecule has 0 saturated carbocycles. The van der Waals surface area contributed by atoms with E-state index in [9.17, 15) is 41.0 Å². The zero-order valence-corrected chi connectivity index (χ0v) is 15.3. The topological polar surface area (TPSA) is 91.1 Å². The Kier molecular flexibility index (Phi) is 5.61. The van der Waals surface area contributed by atoms with Crippen LogP contribution in [0.15, 0.2) is 58.6 Å². The molecule has 0 spiro atoms. The predicted molar refractivity (Wildman–Crippen MR) is 96.1 cm³/mol. The third-order valence-corrected chi connectivity index (χ3v) is 4.52. The van der Waals surface area contributed by atoms with Gasteiger partial charge in [-0.3, -0.25) is 9.59 Å². The molecule has 2 unspecified atom stereocenters. The molecule has 164 valence electrons. The average molecular weight is 445 g/mol. The number of halogens is 6. The van der Waals surface area contributed by atoms with Crippen molar-refractivity contribution in [2.45, 2.75) is 18.0 Å². The number of fused-ring (bicyclic) bond motifs is 1. The summed E-state index contributed by atoms with van der Waals surface area (Å²) in [5, 5.41) is 11.9. The molecule has 31 heavy (non-hydrogen) atoms. The monoisotopic (exact) mass is 445 g/mol. The number of alkyl halides is 6. The van der Waals surface area contributed by atoms with Crippen molar-refractivity contribution in [3.05, 3.63) is 59.7 Å². The maximum absolute atomic E-state index is 13.6. The van der Waals surface area contributed by atoms with Crippen LogP contribution in [0.1, 0.15) is 11.1 Å². The zero-order valence-electron chi connectivity index (χ0n) is 15.3. The molecule has 2 N–H and O–H groups in total. The Morgan fingerprint density at radius 2 is 1.74 bits per heavy atom. The Balaban J connectivity index is 1.87. The molecule has 1 aromatic rings. The van der Waals surface area contributed by atoms with Gasteiger partial charge in [0.15, 0.2) is 5.84 Å². The number of aliphatic imine (C=N–C) groups is 2. The molecule has 0 fully saturated rings. The fraction of sp³-hybridized carbons (Fsp3) is 0.263. The average Bonchev–Trinajstić information content (AvgIpc) is 2.70. The molecular weight excluding hydrogens is 432 g/mol. The van der Waals surface area contributed by atoms with Crippen LogP contribution in [-0.4, -0.2) is 41.2 Å². The summed E-state index contributed by atoms with van der Waals surface area (Å²) in [5.41, 5.74) is -6.81. The van der Waals surface area contributed by atoms with Gasteiger partial charge < -0.3 is 10.4 Å². The minimum Gasteiger partial charge on any atom is -0.369 e. The smallest absolute Gasteiger partial charge is 0.369 e. The highest BCUT2D eigenvalue weighted by molar-refractivity contribution is 6.21. The van der Waals surface area contributed by atoms with E-state index in [1.807, 2.05) is 0 Å². The summed E-state index contributed by atoms with van der Waals surface area (Å²) < 4.78 is 79.4. The van der Waals surface area contributed by atoms with E-state index in [2.05, 4.69) is 9.98 Å². The van der Waals surface area contributed by atoms with Crippen molar-refractivity contribution >= 4 is 23.4 Å².